The van der Waals surface area contributed by atoms with Crippen molar-refractivity contribution in [3.05, 3.63) is 83.8 Å². The number of nitrogens with two attached hydrogens (primary N) is 2. The predicted octanol–water partition coefficient (Wildman–Crippen LogP) is 3.34. The summed E-state index contributed by atoms with van der Waals surface area (Å²) in [6.45, 7) is 0.846. The summed E-state index contributed by atoms with van der Waals surface area (Å²) in [4.78, 5) is 4.05. The van der Waals surface area contributed by atoms with Crippen molar-refractivity contribution in [1.82, 2.24) is 14.7 Å². The van der Waals surface area contributed by atoms with Crippen LogP contribution < -0.4 is 11.5 Å². The molecular weight excluding hydrogens is 326 g/mol. The van der Waals surface area contributed by atoms with Crippen LogP contribution in [0.5, 0.6) is 0 Å². The number of hydrogen-bond donors (Lipinski definition) is 2. The van der Waals surface area contributed by atoms with Gasteiger partial charge in [-0.15, -0.1) is 0 Å². The monoisotopic (exact) mass is 345 g/mol. The summed E-state index contributed by atoms with van der Waals surface area (Å²) in [6, 6.07) is 17.8. The first kappa shape index (κ1) is 16.0. The van der Waals surface area contributed by atoms with Crippen molar-refractivity contribution in [2.45, 2.75) is 13.0 Å². The molecule has 4 rings (SSSR count). The number of rotatable bonds is 5. The summed E-state index contributed by atoms with van der Waals surface area (Å²) >= 11 is 0. The molecule has 0 bridgehead atoms. The smallest absolute Gasteiger partial charge is 0.170 e. The van der Waals surface area contributed by atoms with E-state index in [2.05, 4.69) is 57.4 Å². The quantitative estimate of drug-likeness (QED) is 0.578. The van der Waals surface area contributed by atoms with Crippen LogP contribution >= 0.6 is 0 Å². The highest BCUT2D eigenvalue weighted by Gasteiger charge is 2.12. The molecule has 0 radical (unpaired) electrons. The minimum Gasteiger partial charge on any atom is -0.384 e. The highest BCUT2D eigenvalue weighted by atomic mass is 16.5. The topological polar surface area (TPSA) is 95.9 Å². The van der Waals surface area contributed by atoms with Crippen LogP contribution in [0, 0.1) is 0 Å². The Morgan fingerprint density at radius 2 is 1.81 bits per heavy atom. The Bertz CT molecular complexity index is 1020. The molecule has 0 spiro atoms. The van der Waals surface area contributed by atoms with E-state index in [9.17, 15) is 0 Å². The van der Waals surface area contributed by atoms with E-state index in [4.69, 9.17) is 16.0 Å². The molecule has 0 aliphatic carbocycles. The second-order valence-corrected chi connectivity index (χ2v) is 6.21. The van der Waals surface area contributed by atoms with Crippen LogP contribution in [-0.4, -0.2) is 14.7 Å². The molecular formula is C20H19N5O. The maximum Gasteiger partial charge on any atom is 0.170 e. The number of pyridine rings is 1. The highest BCUT2D eigenvalue weighted by molar-refractivity contribution is 5.71. The Morgan fingerprint density at radius 1 is 0.962 bits per heavy atom. The number of nitrogen functional groups attached to an aromatic ring is 2. The first-order valence-corrected chi connectivity index (χ1v) is 8.34. The van der Waals surface area contributed by atoms with Gasteiger partial charge in [0, 0.05) is 31.4 Å². The Hall–Kier alpha value is -3.54. The van der Waals surface area contributed by atoms with E-state index in [1.807, 2.05) is 12.1 Å². The van der Waals surface area contributed by atoms with E-state index in [0.29, 0.717) is 29.4 Å². The van der Waals surface area contributed by atoms with Crippen molar-refractivity contribution >= 4 is 11.6 Å². The van der Waals surface area contributed by atoms with Gasteiger partial charge < -0.3 is 20.6 Å². The van der Waals surface area contributed by atoms with Crippen LogP contribution in [0.3, 0.4) is 0 Å². The largest absolute Gasteiger partial charge is 0.384 e. The average Bonchev–Trinajstić information content (AvgIpc) is 3.26. The van der Waals surface area contributed by atoms with Crippen LogP contribution in [-0.2, 0) is 13.0 Å². The van der Waals surface area contributed by atoms with E-state index < -0.39 is 0 Å². The van der Waals surface area contributed by atoms with Crippen molar-refractivity contribution in [3.8, 4) is 11.3 Å². The van der Waals surface area contributed by atoms with Crippen LogP contribution in [0.25, 0.3) is 11.3 Å². The Balaban J connectivity index is 1.48. The van der Waals surface area contributed by atoms with Gasteiger partial charge in [-0.25, -0.2) is 4.98 Å². The van der Waals surface area contributed by atoms with Gasteiger partial charge >= 0.3 is 0 Å². The molecule has 4 N–H and O–H groups in total. The molecule has 4 aromatic rings. The van der Waals surface area contributed by atoms with Gasteiger partial charge in [0.1, 0.15) is 11.6 Å². The number of nitrogens with zero attached hydrogens (tertiary/aromatic N) is 3. The Labute approximate surface area is 151 Å². The normalized spacial score (nSPS) is 10.9. The third-order valence-corrected chi connectivity index (χ3v) is 4.18. The minimum atomic E-state index is 0.335. The lowest BCUT2D eigenvalue weighted by atomic mass is 10.1. The summed E-state index contributed by atoms with van der Waals surface area (Å²) in [7, 11) is 0. The molecule has 1 aromatic carbocycles. The fourth-order valence-electron chi connectivity index (χ4n) is 2.92. The van der Waals surface area contributed by atoms with Gasteiger partial charge in [-0.3, -0.25) is 0 Å². The maximum atomic E-state index is 5.91. The SMILES string of the molecule is Nc1ccc(-c2cc(Cc3ccn(Cc4ccccc4)c3)no2)c(N)n1. The zero-order chi connectivity index (χ0) is 17.9. The average molecular weight is 345 g/mol. The minimum absolute atomic E-state index is 0.335. The maximum absolute atomic E-state index is 5.91. The van der Waals surface area contributed by atoms with Crippen molar-refractivity contribution in [1.29, 1.82) is 0 Å². The van der Waals surface area contributed by atoms with E-state index in [1.54, 1.807) is 12.1 Å². The fraction of sp³-hybridized carbons (Fsp3) is 0.100. The molecule has 0 atom stereocenters. The molecule has 0 aliphatic heterocycles. The molecule has 0 saturated carbocycles. The third kappa shape index (κ3) is 3.44. The van der Waals surface area contributed by atoms with Gasteiger partial charge in [0.05, 0.1) is 11.3 Å². The van der Waals surface area contributed by atoms with E-state index in [-0.39, 0.29) is 0 Å². The lowest BCUT2D eigenvalue weighted by Crippen LogP contribution is -1.97. The van der Waals surface area contributed by atoms with Gasteiger partial charge in [0.15, 0.2) is 5.76 Å². The zero-order valence-corrected chi connectivity index (χ0v) is 14.2. The lowest BCUT2D eigenvalue weighted by molar-refractivity contribution is 0.425. The van der Waals surface area contributed by atoms with Gasteiger partial charge in [-0.1, -0.05) is 35.5 Å². The van der Waals surface area contributed by atoms with Crippen LogP contribution in [0.1, 0.15) is 16.8 Å². The van der Waals surface area contributed by atoms with E-state index in [0.717, 1.165) is 12.2 Å². The molecule has 6 heteroatoms. The molecule has 3 heterocycles. The van der Waals surface area contributed by atoms with Crippen LogP contribution in [0.4, 0.5) is 11.6 Å². The number of anilines is 2. The molecule has 0 fully saturated rings. The van der Waals surface area contributed by atoms with Gasteiger partial charge in [0.2, 0.25) is 0 Å². The molecule has 6 nitrogen and oxygen atoms in total. The first-order valence-electron chi connectivity index (χ1n) is 8.34. The third-order valence-electron chi connectivity index (χ3n) is 4.18. The van der Waals surface area contributed by atoms with Gasteiger partial charge in [-0.05, 0) is 29.3 Å². The molecule has 0 saturated heterocycles. The molecule has 26 heavy (non-hydrogen) atoms. The molecule has 0 amide bonds. The molecule has 0 unspecified atom stereocenters. The van der Waals surface area contributed by atoms with Crippen molar-refractivity contribution in [3.63, 3.8) is 0 Å². The molecule has 130 valence electrons. The second kappa shape index (κ2) is 6.76. The highest BCUT2D eigenvalue weighted by Crippen LogP contribution is 2.26. The van der Waals surface area contributed by atoms with Crippen molar-refractivity contribution in [2.24, 2.45) is 0 Å². The second-order valence-electron chi connectivity index (χ2n) is 6.21. The Morgan fingerprint density at radius 3 is 2.62 bits per heavy atom. The fourth-order valence-corrected chi connectivity index (χ4v) is 2.92. The van der Waals surface area contributed by atoms with Gasteiger partial charge in [0.25, 0.3) is 0 Å². The lowest BCUT2D eigenvalue weighted by Gasteiger charge is -2.02. The molecule has 3 aromatic heterocycles. The number of hydrogen-bond acceptors (Lipinski definition) is 5. The number of aromatic nitrogens is 3. The van der Waals surface area contributed by atoms with Crippen LogP contribution in [0.15, 0.2) is 71.5 Å². The van der Waals surface area contributed by atoms with Crippen molar-refractivity contribution < 1.29 is 4.52 Å². The van der Waals surface area contributed by atoms with Crippen LogP contribution in [0.2, 0.25) is 0 Å². The van der Waals surface area contributed by atoms with E-state index in [1.165, 1.54) is 11.1 Å². The van der Waals surface area contributed by atoms with E-state index >= 15 is 0 Å². The summed E-state index contributed by atoms with van der Waals surface area (Å²) in [6.07, 6.45) is 4.89. The first-order chi connectivity index (χ1) is 12.7. The predicted molar refractivity (Wildman–Crippen MR) is 101 cm³/mol. The summed E-state index contributed by atoms with van der Waals surface area (Å²) in [5.41, 5.74) is 15.5. The summed E-state index contributed by atoms with van der Waals surface area (Å²) < 4.78 is 7.59. The summed E-state index contributed by atoms with van der Waals surface area (Å²) in [5.74, 6) is 1.31. The number of benzene rings is 1. The van der Waals surface area contributed by atoms with Gasteiger partial charge in [-0.2, -0.15) is 0 Å². The Kier molecular flexibility index (Phi) is 4.15. The standard InChI is InChI=1S/C20H19N5O/c21-19-7-6-17(20(22)23-19)18-11-16(24-26-18)10-15-8-9-25(13-15)12-14-4-2-1-3-5-14/h1-9,11,13H,10,12H2,(H4,21,22,23). The zero-order valence-electron chi connectivity index (χ0n) is 14.2. The summed E-state index contributed by atoms with van der Waals surface area (Å²) in [5, 5.41) is 4.15. The van der Waals surface area contributed by atoms with Crippen molar-refractivity contribution in [2.75, 3.05) is 11.5 Å². The molecule has 0 aliphatic rings.